The van der Waals surface area contributed by atoms with Crippen LogP contribution in [-0.2, 0) is 11.3 Å². The molecule has 0 spiro atoms. The minimum Gasteiger partial charge on any atom is -0.368 e. The first-order valence-electron chi connectivity index (χ1n) is 10.6. The molecule has 6 nitrogen and oxygen atoms in total. The summed E-state index contributed by atoms with van der Waals surface area (Å²) in [6, 6.07) is 6.60. The lowest BCUT2D eigenvalue weighted by atomic mass is 9.98. The lowest BCUT2D eigenvalue weighted by Crippen LogP contribution is -2.52. The Morgan fingerprint density at radius 3 is 2.59 bits per heavy atom. The lowest BCUT2D eigenvalue weighted by Gasteiger charge is -2.38. The number of piperidine rings is 1. The van der Waals surface area contributed by atoms with Gasteiger partial charge in [-0.25, -0.2) is 9.37 Å². The molecule has 29 heavy (non-hydrogen) atoms. The quantitative estimate of drug-likeness (QED) is 0.775. The third-order valence-electron chi connectivity index (χ3n) is 6.16. The zero-order valence-electron chi connectivity index (χ0n) is 17.1. The molecule has 1 atom stereocenters. The van der Waals surface area contributed by atoms with Crippen molar-refractivity contribution in [2.45, 2.75) is 26.3 Å². The third-order valence-corrected chi connectivity index (χ3v) is 6.16. The number of anilines is 1. The molecule has 2 fully saturated rings. The molecular formula is C22H30FN5O. The molecule has 156 valence electrons. The highest BCUT2D eigenvalue weighted by molar-refractivity contribution is 5.78. The summed E-state index contributed by atoms with van der Waals surface area (Å²) in [5.74, 6) is 1.63. The van der Waals surface area contributed by atoms with Gasteiger partial charge in [0.05, 0.1) is 6.54 Å². The number of halogens is 1. The van der Waals surface area contributed by atoms with Gasteiger partial charge in [0, 0.05) is 57.3 Å². The molecule has 0 radical (unpaired) electrons. The molecule has 2 aromatic rings. The van der Waals surface area contributed by atoms with E-state index in [1.165, 1.54) is 18.6 Å². The first-order chi connectivity index (χ1) is 14.1. The fourth-order valence-electron chi connectivity index (χ4n) is 4.48. The van der Waals surface area contributed by atoms with Gasteiger partial charge >= 0.3 is 0 Å². The fraction of sp³-hybridized carbons (Fsp3) is 0.545. The number of rotatable bonds is 5. The molecule has 0 aliphatic carbocycles. The largest absolute Gasteiger partial charge is 0.368 e. The maximum absolute atomic E-state index is 13.1. The molecule has 0 N–H and O–H groups in total. The minimum atomic E-state index is -0.217. The Labute approximate surface area is 171 Å². The summed E-state index contributed by atoms with van der Waals surface area (Å²) in [5, 5.41) is 0. The molecule has 2 saturated heterocycles. The number of nitrogens with zero attached hydrogens (tertiary/aromatic N) is 5. The van der Waals surface area contributed by atoms with Gasteiger partial charge in [-0.1, -0.05) is 0 Å². The van der Waals surface area contributed by atoms with Crippen LogP contribution < -0.4 is 4.90 Å². The van der Waals surface area contributed by atoms with Crippen LogP contribution in [0.5, 0.6) is 0 Å². The molecular weight excluding hydrogens is 369 g/mol. The smallest absolute Gasteiger partial charge is 0.236 e. The number of amides is 1. The monoisotopic (exact) mass is 399 g/mol. The number of carbonyl (C=O) groups excluding carboxylic acids is 1. The Bertz CT molecular complexity index is 813. The van der Waals surface area contributed by atoms with Crippen LogP contribution in [0.15, 0.2) is 36.7 Å². The Balaban J connectivity index is 1.25. The maximum atomic E-state index is 13.1. The number of aromatic nitrogens is 2. The van der Waals surface area contributed by atoms with E-state index >= 15 is 0 Å². The van der Waals surface area contributed by atoms with E-state index < -0.39 is 0 Å². The molecule has 0 bridgehead atoms. The Morgan fingerprint density at radius 1 is 1.14 bits per heavy atom. The van der Waals surface area contributed by atoms with E-state index in [1.54, 1.807) is 0 Å². The Morgan fingerprint density at radius 2 is 1.90 bits per heavy atom. The van der Waals surface area contributed by atoms with Crippen molar-refractivity contribution in [2.75, 3.05) is 50.7 Å². The Hall–Kier alpha value is -2.41. The normalized spacial score (nSPS) is 20.8. The molecule has 3 heterocycles. The van der Waals surface area contributed by atoms with E-state index in [-0.39, 0.29) is 11.7 Å². The zero-order chi connectivity index (χ0) is 20.2. The van der Waals surface area contributed by atoms with Crippen molar-refractivity contribution in [3.05, 3.63) is 48.3 Å². The summed E-state index contributed by atoms with van der Waals surface area (Å²) >= 11 is 0. The van der Waals surface area contributed by atoms with Crippen LogP contribution in [0.2, 0.25) is 0 Å². The summed E-state index contributed by atoms with van der Waals surface area (Å²) in [6.07, 6.45) is 6.24. The van der Waals surface area contributed by atoms with Crippen LogP contribution >= 0.6 is 0 Å². The van der Waals surface area contributed by atoms with Crippen LogP contribution in [0.4, 0.5) is 10.1 Å². The first kappa shape index (κ1) is 19.9. The highest BCUT2D eigenvalue weighted by Crippen LogP contribution is 2.20. The molecule has 1 amide bonds. The molecule has 2 aliphatic heterocycles. The van der Waals surface area contributed by atoms with Crippen molar-refractivity contribution < 1.29 is 9.18 Å². The molecule has 4 rings (SSSR count). The van der Waals surface area contributed by atoms with Gasteiger partial charge in [-0.2, -0.15) is 0 Å². The van der Waals surface area contributed by atoms with Crippen molar-refractivity contribution in [3.63, 3.8) is 0 Å². The molecule has 1 aromatic heterocycles. The van der Waals surface area contributed by atoms with Gasteiger partial charge in [0.1, 0.15) is 11.6 Å². The number of piperazine rings is 1. The van der Waals surface area contributed by atoms with Crippen LogP contribution in [0, 0.1) is 18.7 Å². The predicted molar refractivity (Wildman–Crippen MR) is 111 cm³/mol. The van der Waals surface area contributed by atoms with Gasteiger partial charge in [-0.05, 0) is 56.5 Å². The number of hydrogen-bond donors (Lipinski definition) is 0. The fourth-order valence-corrected chi connectivity index (χ4v) is 4.48. The van der Waals surface area contributed by atoms with Gasteiger partial charge in [-0.3, -0.25) is 9.69 Å². The van der Waals surface area contributed by atoms with Crippen LogP contribution in [0.3, 0.4) is 0 Å². The van der Waals surface area contributed by atoms with E-state index in [2.05, 4.69) is 19.4 Å². The number of likely N-dealkylation sites (tertiary alicyclic amines) is 1. The van der Waals surface area contributed by atoms with Crippen LogP contribution in [0.25, 0.3) is 0 Å². The summed E-state index contributed by atoms with van der Waals surface area (Å²) < 4.78 is 15.3. The summed E-state index contributed by atoms with van der Waals surface area (Å²) in [6.45, 7) is 8.53. The van der Waals surface area contributed by atoms with E-state index in [0.717, 1.165) is 63.7 Å². The van der Waals surface area contributed by atoms with Crippen molar-refractivity contribution in [3.8, 4) is 0 Å². The summed E-state index contributed by atoms with van der Waals surface area (Å²) in [7, 11) is 0. The van der Waals surface area contributed by atoms with E-state index in [1.807, 2.05) is 36.4 Å². The highest BCUT2D eigenvalue weighted by atomic mass is 19.1. The molecule has 0 unspecified atom stereocenters. The zero-order valence-corrected chi connectivity index (χ0v) is 17.1. The van der Waals surface area contributed by atoms with E-state index in [4.69, 9.17) is 0 Å². The second-order valence-electron chi connectivity index (χ2n) is 8.21. The minimum absolute atomic E-state index is 0.217. The topological polar surface area (TPSA) is 44.6 Å². The molecule has 1 aromatic carbocycles. The standard InChI is InChI=1S/C22H30FN5O/c1-18-24-8-10-28(18)16-19-3-2-9-25(15-19)17-22(29)27-13-11-26(12-14-27)21-6-4-20(23)5-7-21/h4-8,10,19H,2-3,9,11-17H2,1H3/t19-/m0/s1. The number of imidazole rings is 1. The van der Waals surface area contributed by atoms with Gasteiger partial charge in [0.2, 0.25) is 5.91 Å². The number of carbonyl (C=O) groups is 1. The van der Waals surface area contributed by atoms with Gasteiger partial charge in [0.25, 0.3) is 0 Å². The van der Waals surface area contributed by atoms with Crippen LogP contribution in [0.1, 0.15) is 18.7 Å². The maximum Gasteiger partial charge on any atom is 0.236 e. The number of hydrogen-bond acceptors (Lipinski definition) is 4. The average molecular weight is 400 g/mol. The SMILES string of the molecule is Cc1nccn1C[C@H]1CCCN(CC(=O)N2CCN(c3ccc(F)cc3)CC2)C1. The second-order valence-corrected chi connectivity index (χ2v) is 8.21. The van der Waals surface area contributed by atoms with Gasteiger partial charge < -0.3 is 14.4 Å². The van der Waals surface area contributed by atoms with Crippen molar-refractivity contribution in [2.24, 2.45) is 5.92 Å². The van der Waals surface area contributed by atoms with E-state index in [9.17, 15) is 9.18 Å². The van der Waals surface area contributed by atoms with E-state index in [0.29, 0.717) is 12.5 Å². The van der Waals surface area contributed by atoms with Crippen molar-refractivity contribution >= 4 is 11.6 Å². The first-order valence-corrected chi connectivity index (χ1v) is 10.6. The summed E-state index contributed by atoms with van der Waals surface area (Å²) in [5.41, 5.74) is 1.02. The predicted octanol–water partition coefficient (Wildman–Crippen LogP) is 2.39. The third kappa shape index (κ3) is 4.96. The number of benzene rings is 1. The lowest BCUT2D eigenvalue weighted by molar-refractivity contribution is -0.133. The number of aryl methyl sites for hydroxylation is 1. The van der Waals surface area contributed by atoms with Crippen molar-refractivity contribution in [1.29, 1.82) is 0 Å². The van der Waals surface area contributed by atoms with Crippen molar-refractivity contribution in [1.82, 2.24) is 19.4 Å². The molecule has 2 aliphatic rings. The Kier molecular flexibility index (Phi) is 6.13. The van der Waals surface area contributed by atoms with Gasteiger partial charge in [0.15, 0.2) is 0 Å². The molecule has 0 saturated carbocycles. The highest BCUT2D eigenvalue weighted by Gasteiger charge is 2.26. The second kappa shape index (κ2) is 8.95. The molecule has 7 heteroatoms. The van der Waals surface area contributed by atoms with Gasteiger partial charge in [-0.15, -0.1) is 0 Å². The van der Waals surface area contributed by atoms with Crippen LogP contribution in [-0.4, -0.2) is 71.1 Å². The average Bonchev–Trinajstić information content (AvgIpc) is 3.13. The summed E-state index contributed by atoms with van der Waals surface area (Å²) in [4.78, 5) is 23.6.